The third-order valence-corrected chi connectivity index (χ3v) is 6.61. The minimum Gasteiger partial charge on any atom is -0.486 e. The van der Waals surface area contributed by atoms with Crippen LogP contribution in [0.25, 0.3) is 0 Å². The molecule has 0 spiro atoms. The molecule has 0 bridgehead atoms. The highest BCUT2D eigenvalue weighted by atomic mass is 35.5. The zero-order valence-electron chi connectivity index (χ0n) is 18.0. The van der Waals surface area contributed by atoms with Crippen LogP contribution in [-0.2, 0) is 22.4 Å². The summed E-state index contributed by atoms with van der Waals surface area (Å²) in [6.45, 7) is 7.00. The number of fused-ring (bicyclic) bond motifs is 1. The lowest BCUT2D eigenvalue weighted by atomic mass is 9.99. The zero-order chi connectivity index (χ0) is 21.8. The summed E-state index contributed by atoms with van der Waals surface area (Å²) in [5.41, 5.74) is 4.09. The number of ketones is 2. The summed E-state index contributed by atoms with van der Waals surface area (Å²) >= 11 is 6.48. The summed E-state index contributed by atoms with van der Waals surface area (Å²) in [5.74, 6) is 1.09. The number of hydrogen-bond donors (Lipinski definition) is 0. The van der Waals surface area contributed by atoms with Gasteiger partial charge in [-0.05, 0) is 43.1 Å². The molecule has 2 aliphatic rings. The van der Waals surface area contributed by atoms with Gasteiger partial charge >= 0.3 is 0 Å². The Bertz CT molecular complexity index is 967. The highest BCUT2D eigenvalue weighted by Crippen LogP contribution is 2.29. The van der Waals surface area contributed by atoms with Gasteiger partial charge in [-0.15, -0.1) is 0 Å². The Morgan fingerprint density at radius 1 is 1.13 bits per heavy atom. The Morgan fingerprint density at radius 2 is 1.94 bits per heavy atom. The molecule has 0 radical (unpaired) electrons. The molecule has 0 unspecified atom stereocenters. The first-order valence-corrected chi connectivity index (χ1v) is 11.4. The first-order valence-electron chi connectivity index (χ1n) is 11.0. The smallest absolute Gasteiger partial charge is 0.174 e. The van der Waals surface area contributed by atoms with Crippen molar-refractivity contribution in [2.45, 2.75) is 32.6 Å². The van der Waals surface area contributed by atoms with E-state index < -0.39 is 0 Å². The molecule has 2 aliphatic heterocycles. The monoisotopic (exact) mass is 440 g/mol. The summed E-state index contributed by atoms with van der Waals surface area (Å²) in [6, 6.07) is 11.9. The van der Waals surface area contributed by atoms with E-state index in [4.69, 9.17) is 16.3 Å². The summed E-state index contributed by atoms with van der Waals surface area (Å²) in [5, 5.41) is 0.847. The molecule has 2 aromatic carbocycles. The van der Waals surface area contributed by atoms with Crippen LogP contribution in [0.1, 0.15) is 29.5 Å². The van der Waals surface area contributed by atoms with E-state index in [1.807, 2.05) is 31.2 Å². The normalized spacial score (nSPS) is 16.7. The van der Waals surface area contributed by atoms with Gasteiger partial charge in [-0.3, -0.25) is 14.5 Å². The van der Waals surface area contributed by atoms with Crippen LogP contribution in [0.3, 0.4) is 0 Å². The number of aryl methyl sites for hydroxylation is 1. The van der Waals surface area contributed by atoms with Gasteiger partial charge in [0.2, 0.25) is 0 Å². The average Bonchev–Trinajstić information content (AvgIpc) is 2.76. The van der Waals surface area contributed by atoms with Crippen molar-refractivity contribution in [1.29, 1.82) is 0 Å². The van der Waals surface area contributed by atoms with Crippen molar-refractivity contribution in [2.75, 3.05) is 44.2 Å². The number of halogens is 1. The second kappa shape index (κ2) is 9.84. The second-order valence-electron chi connectivity index (χ2n) is 8.50. The van der Waals surface area contributed by atoms with Gasteiger partial charge in [0.05, 0.1) is 10.7 Å². The molecule has 6 heteroatoms. The second-order valence-corrected chi connectivity index (χ2v) is 8.88. The highest BCUT2D eigenvalue weighted by molar-refractivity contribution is 6.34. The fraction of sp³-hybridized carbons (Fsp3) is 0.440. The largest absolute Gasteiger partial charge is 0.486 e. The minimum absolute atomic E-state index is 0.0840. The third-order valence-electron chi connectivity index (χ3n) is 6.12. The Balaban J connectivity index is 1.20. The summed E-state index contributed by atoms with van der Waals surface area (Å²) in [7, 11) is 0. The van der Waals surface area contributed by atoms with E-state index in [2.05, 4.69) is 21.9 Å². The fourth-order valence-corrected chi connectivity index (χ4v) is 4.59. The zero-order valence-corrected chi connectivity index (χ0v) is 18.8. The van der Waals surface area contributed by atoms with Crippen molar-refractivity contribution in [2.24, 2.45) is 0 Å². The van der Waals surface area contributed by atoms with Gasteiger partial charge in [-0.2, -0.15) is 0 Å². The van der Waals surface area contributed by atoms with Gasteiger partial charge in [0.1, 0.15) is 18.1 Å². The van der Waals surface area contributed by atoms with E-state index >= 15 is 0 Å². The first-order chi connectivity index (χ1) is 15.0. The lowest BCUT2D eigenvalue weighted by Crippen LogP contribution is -2.46. The molecule has 2 aromatic rings. The van der Waals surface area contributed by atoms with E-state index in [-0.39, 0.29) is 18.2 Å². The Kier molecular flexibility index (Phi) is 6.93. The number of nitrogens with zero attached hydrogens (tertiary/aromatic N) is 2. The topological polar surface area (TPSA) is 49.9 Å². The molecule has 1 saturated heterocycles. The summed E-state index contributed by atoms with van der Waals surface area (Å²) in [6.07, 6.45) is 2.27. The number of piperazine rings is 1. The summed E-state index contributed by atoms with van der Waals surface area (Å²) < 4.78 is 5.43. The van der Waals surface area contributed by atoms with Gasteiger partial charge in [0.15, 0.2) is 5.78 Å². The lowest BCUT2D eigenvalue weighted by Gasteiger charge is -2.36. The van der Waals surface area contributed by atoms with Crippen molar-refractivity contribution in [1.82, 2.24) is 4.90 Å². The van der Waals surface area contributed by atoms with Gasteiger partial charge in [-0.25, -0.2) is 0 Å². The van der Waals surface area contributed by atoms with Crippen LogP contribution in [0, 0.1) is 6.92 Å². The predicted octanol–water partition coefficient (Wildman–Crippen LogP) is 3.87. The average molecular weight is 441 g/mol. The maximum absolute atomic E-state index is 12.5. The highest BCUT2D eigenvalue weighted by Gasteiger charge is 2.20. The van der Waals surface area contributed by atoms with Gasteiger partial charge in [0, 0.05) is 51.0 Å². The maximum atomic E-state index is 12.5. The minimum atomic E-state index is 0.0840. The number of hydrogen-bond acceptors (Lipinski definition) is 5. The van der Waals surface area contributed by atoms with Crippen molar-refractivity contribution < 1.29 is 14.3 Å². The van der Waals surface area contributed by atoms with Crippen molar-refractivity contribution in [3.05, 3.63) is 58.1 Å². The Labute approximate surface area is 188 Å². The quantitative estimate of drug-likeness (QED) is 0.654. The molecular formula is C25H29ClN2O3. The molecule has 0 amide bonds. The molecule has 164 valence electrons. The van der Waals surface area contributed by atoms with E-state index in [0.717, 1.165) is 72.3 Å². The third kappa shape index (κ3) is 5.46. The molecule has 0 aliphatic carbocycles. The molecular weight excluding hydrogens is 412 g/mol. The van der Waals surface area contributed by atoms with Crippen LogP contribution in [0.2, 0.25) is 5.02 Å². The van der Waals surface area contributed by atoms with Crippen LogP contribution in [0.4, 0.5) is 5.69 Å². The Morgan fingerprint density at radius 3 is 2.74 bits per heavy atom. The number of carbonyl (C=O) groups excluding carboxylic acids is 2. The summed E-state index contributed by atoms with van der Waals surface area (Å²) in [4.78, 5) is 28.8. The van der Waals surface area contributed by atoms with Gasteiger partial charge in [0.25, 0.3) is 0 Å². The molecule has 0 N–H and O–H groups in total. The number of Topliss-reactive ketones (excluding diaryl/α,β-unsaturated/α-hetero) is 2. The van der Waals surface area contributed by atoms with Crippen LogP contribution < -0.4 is 9.64 Å². The number of anilines is 1. The number of benzene rings is 2. The first kappa shape index (κ1) is 21.8. The number of rotatable bonds is 7. The van der Waals surface area contributed by atoms with Crippen LogP contribution in [-0.4, -0.2) is 55.8 Å². The Hall–Kier alpha value is -2.37. The molecule has 1 fully saturated rings. The number of ether oxygens (including phenoxy) is 1. The fourth-order valence-electron chi connectivity index (χ4n) is 4.35. The van der Waals surface area contributed by atoms with E-state index in [9.17, 15) is 9.59 Å². The molecule has 0 atom stereocenters. The van der Waals surface area contributed by atoms with Crippen LogP contribution in [0.15, 0.2) is 36.4 Å². The van der Waals surface area contributed by atoms with Crippen LogP contribution >= 0.6 is 11.6 Å². The van der Waals surface area contributed by atoms with Crippen molar-refractivity contribution in [3.63, 3.8) is 0 Å². The molecule has 5 nitrogen and oxygen atoms in total. The van der Waals surface area contributed by atoms with Crippen molar-refractivity contribution >= 4 is 28.9 Å². The molecule has 2 heterocycles. The van der Waals surface area contributed by atoms with Gasteiger partial charge in [-0.1, -0.05) is 35.9 Å². The molecule has 0 aromatic heterocycles. The van der Waals surface area contributed by atoms with E-state index in [1.54, 1.807) is 0 Å². The van der Waals surface area contributed by atoms with E-state index in [1.165, 1.54) is 0 Å². The maximum Gasteiger partial charge on any atom is 0.174 e. The molecule has 0 saturated carbocycles. The predicted molar refractivity (Wildman–Crippen MR) is 123 cm³/mol. The van der Waals surface area contributed by atoms with Crippen molar-refractivity contribution in [3.8, 4) is 5.75 Å². The molecule has 31 heavy (non-hydrogen) atoms. The standard InChI is InChI=1S/C25H29ClN2O3/c1-18-4-2-6-23(25(18)26)28-12-10-27(11-13-28)9-3-5-21(29)15-19-7-8-24-20(14-19)16-22(30)17-31-24/h2,4,6-8,14H,3,5,9-13,15-17H2,1H3. The van der Waals surface area contributed by atoms with Gasteiger partial charge < -0.3 is 9.64 Å². The molecule has 4 rings (SSSR count). The SMILES string of the molecule is Cc1cccc(N2CCN(CCCC(=O)Cc3ccc4c(c3)CC(=O)CO4)CC2)c1Cl. The number of carbonyl (C=O) groups is 2. The lowest BCUT2D eigenvalue weighted by molar-refractivity contribution is -0.121. The van der Waals surface area contributed by atoms with E-state index in [0.29, 0.717) is 19.3 Å². The van der Waals surface area contributed by atoms with Crippen LogP contribution in [0.5, 0.6) is 5.75 Å².